The molecule has 0 spiro atoms. The van der Waals surface area contributed by atoms with E-state index < -0.39 is 54.5 Å². The molecule has 0 radical (unpaired) electrons. The SMILES string of the molecule is CSCCC(NC(=O)C(C)NC(=O)C(N)CS)C(=O)NC(CO)C(=O)O. The van der Waals surface area contributed by atoms with E-state index in [1.54, 1.807) is 0 Å². The van der Waals surface area contributed by atoms with Gasteiger partial charge in [-0.2, -0.15) is 24.4 Å². The Kier molecular flexibility index (Phi) is 12.1. The van der Waals surface area contributed by atoms with Crippen LogP contribution in [0.1, 0.15) is 13.3 Å². The second-order valence-electron chi connectivity index (χ2n) is 5.44. The van der Waals surface area contributed by atoms with Crippen LogP contribution in [0.25, 0.3) is 0 Å². The predicted molar refractivity (Wildman–Crippen MR) is 101 cm³/mol. The van der Waals surface area contributed by atoms with Crippen LogP contribution in [0.2, 0.25) is 0 Å². The van der Waals surface area contributed by atoms with E-state index in [1.807, 2.05) is 6.26 Å². The summed E-state index contributed by atoms with van der Waals surface area (Å²) in [5.41, 5.74) is 5.51. The second-order valence-corrected chi connectivity index (χ2v) is 6.79. The van der Waals surface area contributed by atoms with Crippen molar-refractivity contribution in [3.8, 4) is 0 Å². The number of nitrogens with one attached hydrogen (secondary N) is 3. The Labute approximate surface area is 161 Å². The zero-order valence-electron chi connectivity index (χ0n) is 14.6. The highest BCUT2D eigenvalue weighted by Gasteiger charge is 2.28. The van der Waals surface area contributed by atoms with Crippen molar-refractivity contribution >= 4 is 48.1 Å². The van der Waals surface area contributed by atoms with Crippen molar-refractivity contribution in [1.29, 1.82) is 0 Å². The van der Waals surface area contributed by atoms with Crippen molar-refractivity contribution in [2.24, 2.45) is 5.73 Å². The maximum absolute atomic E-state index is 12.2. The molecule has 0 aromatic heterocycles. The topological polar surface area (TPSA) is 171 Å². The first kappa shape index (κ1) is 24.5. The molecule has 4 unspecified atom stereocenters. The van der Waals surface area contributed by atoms with E-state index in [2.05, 4.69) is 28.6 Å². The lowest BCUT2D eigenvalue weighted by atomic mass is 10.1. The molecule has 0 aliphatic rings. The molecule has 12 heteroatoms. The van der Waals surface area contributed by atoms with Gasteiger partial charge in [0.05, 0.1) is 12.6 Å². The van der Waals surface area contributed by atoms with Crippen molar-refractivity contribution in [1.82, 2.24) is 16.0 Å². The average molecular weight is 411 g/mol. The molecule has 0 aliphatic carbocycles. The lowest BCUT2D eigenvalue weighted by molar-refractivity contribution is -0.143. The van der Waals surface area contributed by atoms with Crippen LogP contribution >= 0.6 is 24.4 Å². The second kappa shape index (κ2) is 12.8. The van der Waals surface area contributed by atoms with Crippen LogP contribution in [0.4, 0.5) is 0 Å². The summed E-state index contributed by atoms with van der Waals surface area (Å²) in [6, 6.07) is -4.31. The number of thioether (sulfide) groups is 1. The quantitative estimate of drug-likeness (QED) is 0.174. The number of carboxylic acid groups (broad SMARTS) is 1. The summed E-state index contributed by atoms with van der Waals surface area (Å²) in [5.74, 6) is -2.67. The molecule has 0 aromatic carbocycles. The van der Waals surface area contributed by atoms with E-state index in [4.69, 9.17) is 15.9 Å². The van der Waals surface area contributed by atoms with Crippen LogP contribution in [0.15, 0.2) is 0 Å². The van der Waals surface area contributed by atoms with Gasteiger partial charge in [0.2, 0.25) is 17.7 Å². The molecule has 3 amide bonds. The van der Waals surface area contributed by atoms with Crippen LogP contribution in [0.5, 0.6) is 0 Å². The largest absolute Gasteiger partial charge is 0.480 e. The number of aliphatic carboxylic acids is 1. The molecule has 7 N–H and O–H groups in total. The van der Waals surface area contributed by atoms with Crippen LogP contribution in [-0.2, 0) is 19.2 Å². The number of carbonyl (C=O) groups excluding carboxylic acids is 3. The minimum atomic E-state index is -1.47. The summed E-state index contributed by atoms with van der Waals surface area (Å²) >= 11 is 5.34. The van der Waals surface area contributed by atoms with Crippen LogP contribution in [0.3, 0.4) is 0 Å². The number of hydrogen-bond donors (Lipinski definition) is 7. The van der Waals surface area contributed by atoms with E-state index in [9.17, 15) is 19.2 Å². The number of aliphatic hydroxyl groups is 1. The fourth-order valence-electron chi connectivity index (χ4n) is 1.73. The molecule has 0 heterocycles. The average Bonchev–Trinajstić information content (AvgIpc) is 2.61. The maximum Gasteiger partial charge on any atom is 0.328 e. The lowest BCUT2D eigenvalue weighted by Gasteiger charge is -2.23. The maximum atomic E-state index is 12.2. The predicted octanol–water partition coefficient (Wildman–Crippen LogP) is -2.45. The number of hydrogen-bond acceptors (Lipinski definition) is 8. The smallest absolute Gasteiger partial charge is 0.328 e. The Morgan fingerprint density at radius 2 is 1.65 bits per heavy atom. The van der Waals surface area contributed by atoms with Gasteiger partial charge in [-0.05, 0) is 25.4 Å². The van der Waals surface area contributed by atoms with Crippen LogP contribution in [0, 0.1) is 0 Å². The fourth-order valence-corrected chi connectivity index (χ4v) is 2.37. The lowest BCUT2D eigenvalue weighted by Crippen LogP contribution is -2.57. The summed E-state index contributed by atoms with van der Waals surface area (Å²) in [5, 5.41) is 24.9. The van der Waals surface area contributed by atoms with Crippen molar-refractivity contribution in [2.45, 2.75) is 37.5 Å². The summed E-state index contributed by atoms with van der Waals surface area (Å²) in [6.45, 7) is 0.647. The molecular weight excluding hydrogens is 384 g/mol. The number of aliphatic hydroxyl groups excluding tert-OH is 1. The van der Waals surface area contributed by atoms with Gasteiger partial charge in [0.15, 0.2) is 0 Å². The zero-order valence-corrected chi connectivity index (χ0v) is 16.3. The Morgan fingerprint density at radius 1 is 1.08 bits per heavy atom. The van der Waals surface area contributed by atoms with Crippen LogP contribution in [-0.4, -0.2) is 82.4 Å². The van der Waals surface area contributed by atoms with E-state index in [0.717, 1.165) is 0 Å². The molecule has 26 heavy (non-hydrogen) atoms. The number of nitrogens with two attached hydrogens (primary N) is 1. The summed E-state index contributed by atoms with van der Waals surface area (Å²) in [7, 11) is 0. The van der Waals surface area contributed by atoms with Gasteiger partial charge in [-0.25, -0.2) is 4.79 Å². The summed E-state index contributed by atoms with van der Waals surface area (Å²) in [6.07, 6.45) is 2.06. The third-order valence-electron chi connectivity index (χ3n) is 3.33. The van der Waals surface area contributed by atoms with Crippen molar-refractivity contribution in [2.75, 3.05) is 24.4 Å². The van der Waals surface area contributed by atoms with Crippen molar-refractivity contribution in [3.63, 3.8) is 0 Å². The third kappa shape index (κ3) is 8.74. The third-order valence-corrected chi connectivity index (χ3v) is 4.36. The molecule has 0 rings (SSSR count). The normalized spacial score (nSPS) is 15.3. The van der Waals surface area contributed by atoms with Gasteiger partial charge in [-0.1, -0.05) is 0 Å². The molecule has 0 fully saturated rings. The molecule has 0 bridgehead atoms. The highest BCUT2D eigenvalue weighted by molar-refractivity contribution is 7.98. The van der Waals surface area contributed by atoms with E-state index in [0.29, 0.717) is 5.75 Å². The minimum absolute atomic E-state index is 0.108. The van der Waals surface area contributed by atoms with Gasteiger partial charge in [0, 0.05) is 5.75 Å². The standard InChI is InChI=1S/C14H26N4O6S2/c1-7(16-12(21)8(15)6-25)11(20)17-9(3-4-26-2)13(22)18-10(5-19)14(23)24/h7-10,19,25H,3-6,15H2,1-2H3,(H,16,21)(H,17,20)(H,18,22)(H,23,24). The monoisotopic (exact) mass is 410 g/mol. The van der Waals surface area contributed by atoms with Gasteiger partial charge in [0.25, 0.3) is 0 Å². The van der Waals surface area contributed by atoms with Crippen molar-refractivity contribution in [3.05, 3.63) is 0 Å². The van der Waals surface area contributed by atoms with Gasteiger partial charge < -0.3 is 31.9 Å². The highest BCUT2D eigenvalue weighted by atomic mass is 32.2. The molecule has 4 atom stereocenters. The zero-order chi connectivity index (χ0) is 20.3. The molecular formula is C14H26N4O6S2. The Morgan fingerprint density at radius 3 is 2.12 bits per heavy atom. The molecule has 0 aromatic rings. The van der Waals surface area contributed by atoms with Gasteiger partial charge in [0.1, 0.15) is 18.1 Å². The minimum Gasteiger partial charge on any atom is -0.480 e. The van der Waals surface area contributed by atoms with Crippen LogP contribution < -0.4 is 21.7 Å². The van der Waals surface area contributed by atoms with Gasteiger partial charge in [-0.3, -0.25) is 14.4 Å². The van der Waals surface area contributed by atoms with Gasteiger partial charge in [-0.15, -0.1) is 0 Å². The summed E-state index contributed by atoms with van der Waals surface area (Å²) in [4.78, 5) is 47.1. The molecule has 10 nitrogen and oxygen atoms in total. The Balaban J connectivity index is 4.91. The number of thiol groups is 1. The molecule has 0 saturated heterocycles. The van der Waals surface area contributed by atoms with E-state index in [-0.39, 0.29) is 12.2 Å². The number of amides is 3. The fraction of sp³-hybridized carbons (Fsp3) is 0.714. The first-order valence-electron chi connectivity index (χ1n) is 7.78. The molecule has 150 valence electrons. The van der Waals surface area contributed by atoms with E-state index >= 15 is 0 Å². The van der Waals surface area contributed by atoms with E-state index in [1.165, 1.54) is 18.7 Å². The number of carboxylic acids is 1. The number of rotatable bonds is 12. The Hall–Kier alpha value is -1.50. The summed E-state index contributed by atoms with van der Waals surface area (Å²) < 4.78 is 0. The molecule has 0 aliphatic heterocycles. The Bertz CT molecular complexity index is 508. The number of carbonyl (C=O) groups is 4. The first-order valence-corrected chi connectivity index (χ1v) is 9.80. The van der Waals surface area contributed by atoms with Crippen molar-refractivity contribution < 1.29 is 29.4 Å². The highest BCUT2D eigenvalue weighted by Crippen LogP contribution is 2.03. The van der Waals surface area contributed by atoms with Gasteiger partial charge >= 0.3 is 5.97 Å². The molecule has 0 saturated carbocycles. The first-order chi connectivity index (χ1) is 12.2.